The number of hydrogen-bond acceptors (Lipinski definition) is 5. The van der Waals surface area contributed by atoms with Crippen LogP contribution in [0.25, 0.3) is 0 Å². The van der Waals surface area contributed by atoms with Gasteiger partial charge in [0.1, 0.15) is 19.3 Å². The summed E-state index contributed by atoms with van der Waals surface area (Å²) in [5, 5.41) is 3.18. The first kappa shape index (κ1) is 23.9. The molecule has 1 N–H and O–H groups in total. The first-order chi connectivity index (χ1) is 16.9. The average molecular weight is 481 g/mol. The van der Waals surface area contributed by atoms with Gasteiger partial charge in [-0.1, -0.05) is 44.9 Å². The highest BCUT2D eigenvalue weighted by Crippen LogP contribution is 2.44. The highest BCUT2D eigenvalue weighted by atomic mass is 16.6. The molecule has 7 heteroatoms. The van der Waals surface area contributed by atoms with E-state index in [-0.39, 0.29) is 40.9 Å². The molecule has 1 saturated carbocycles. The smallest absolute Gasteiger partial charge is 0.243 e. The number of amides is 3. The van der Waals surface area contributed by atoms with Crippen molar-refractivity contribution in [2.45, 2.75) is 70.3 Å². The second-order valence-corrected chi connectivity index (χ2v) is 10.9. The lowest BCUT2D eigenvalue weighted by Gasteiger charge is -2.33. The van der Waals surface area contributed by atoms with Gasteiger partial charge in [-0.15, -0.1) is 0 Å². The van der Waals surface area contributed by atoms with Gasteiger partial charge in [0.2, 0.25) is 17.7 Å². The summed E-state index contributed by atoms with van der Waals surface area (Å²) < 4.78 is 11.5. The van der Waals surface area contributed by atoms with Crippen LogP contribution in [0, 0.1) is 17.8 Å². The van der Waals surface area contributed by atoms with Crippen molar-refractivity contribution in [1.29, 1.82) is 0 Å². The van der Waals surface area contributed by atoms with Crippen molar-refractivity contribution < 1.29 is 23.9 Å². The molecular formula is C28H36N2O5. The standard InChI is InChI=1S/C28H36N2O5/c1-18(2)15-22(30-26(32)20-7-3-4-8-21(20)27(30)33)25(31)29-17-28(11-5-6-12-28)19-9-10-23-24(16-19)35-14-13-34-23/h3-4,9-10,16,18,20-22H,5-8,11-15,17H2,1-2H3,(H,29,31). The molecule has 188 valence electrons. The zero-order chi connectivity index (χ0) is 24.6. The van der Waals surface area contributed by atoms with Gasteiger partial charge in [0.15, 0.2) is 11.5 Å². The van der Waals surface area contributed by atoms with Gasteiger partial charge in [0.05, 0.1) is 11.8 Å². The van der Waals surface area contributed by atoms with E-state index in [0.717, 1.165) is 42.7 Å². The Bertz CT molecular complexity index is 1000. The van der Waals surface area contributed by atoms with Crippen LogP contribution < -0.4 is 14.8 Å². The number of rotatable bonds is 7. The molecule has 0 bridgehead atoms. The number of nitrogens with zero attached hydrogens (tertiary/aromatic N) is 1. The van der Waals surface area contributed by atoms with Crippen LogP contribution in [-0.2, 0) is 19.8 Å². The monoisotopic (exact) mass is 480 g/mol. The van der Waals surface area contributed by atoms with Crippen molar-refractivity contribution in [2.75, 3.05) is 19.8 Å². The largest absolute Gasteiger partial charge is 0.486 e. The second kappa shape index (κ2) is 9.67. The average Bonchev–Trinajstić information content (AvgIpc) is 3.45. The Morgan fingerprint density at radius 3 is 2.29 bits per heavy atom. The number of hydrogen-bond donors (Lipinski definition) is 1. The molecule has 1 aromatic rings. The number of carbonyl (C=O) groups is 3. The summed E-state index contributed by atoms with van der Waals surface area (Å²) in [6, 6.07) is 5.34. The second-order valence-electron chi connectivity index (χ2n) is 10.9. The van der Waals surface area contributed by atoms with Crippen LogP contribution in [0.15, 0.2) is 30.4 Å². The number of likely N-dealkylation sites (tertiary alicyclic amines) is 1. The predicted octanol–water partition coefficient (Wildman–Crippen LogP) is 3.75. The SMILES string of the molecule is CC(C)CC(C(=O)NCC1(c2ccc3c(c2)OCCO3)CCCC1)N1C(=O)C2CC=CCC2C1=O. The summed E-state index contributed by atoms with van der Waals surface area (Å²) in [5.74, 6) is 0.439. The van der Waals surface area contributed by atoms with Gasteiger partial charge in [-0.3, -0.25) is 19.3 Å². The molecule has 0 spiro atoms. The van der Waals surface area contributed by atoms with Crippen molar-refractivity contribution in [1.82, 2.24) is 10.2 Å². The van der Waals surface area contributed by atoms with E-state index in [4.69, 9.17) is 9.47 Å². The Hall–Kier alpha value is -2.83. The number of carbonyl (C=O) groups excluding carboxylic acids is 3. The molecular weight excluding hydrogens is 444 g/mol. The molecule has 2 aliphatic heterocycles. The van der Waals surface area contributed by atoms with Crippen LogP contribution >= 0.6 is 0 Å². The predicted molar refractivity (Wildman–Crippen MR) is 131 cm³/mol. The molecule has 3 atom stereocenters. The molecule has 4 aliphatic rings. The zero-order valence-corrected chi connectivity index (χ0v) is 20.8. The molecule has 0 aromatic heterocycles. The summed E-state index contributed by atoms with van der Waals surface area (Å²) in [7, 11) is 0. The minimum Gasteiger partial charge on any atom is -0.486 e. The Morgan fingerprint density at radius 2 is 1.66 bits per heavy atom. The molecule has 2 fully saturated rings. The van der Waals surface area contributed by atoms with E-state index < -0.39 is 6.04 Å². The number of allylic oxidation sites excluding steroid dienone is 2. The molecule has 7 nitrogen and oxygen atoms in total. The fraction of sp³-hybridized carbons (Fsp3) is 0.607. The number of imide groups is 1. The van der Waals surface area contributed by atoms with E-state index >= 15 is 0 Å². The highest BCUT2D eigenvalue weighted by molar-refractivity contribution is 6.08. The summed E-state index contributed by atoms with van der Waals surface area (Å²) in [5.41, 5.74) is 0.954. The molecule has 3 amide bonds. The Morgan fingerprint density at radius 1 is 1.03 bits per heavy atom. The van der Waals surface area contributed by atoms with Gasteiger partial charge in [-0.05, 0) is 55.7 Å². The lowest BCUT2D eigenvalue weighted by atomic mass is 9.78. The van der Waals surface area contributed by atoms with Crippen LogP contribution in [0.4, 0.5) is 0 Å². The van der Waals surface area contributed by atoms with Crippen molar-refractivity contribution in [3.05, 3.63) is 35.9 Å². The van der Waals surface area contributed by atoms with Crippen molar-refractivity contribution >= 4 is 17.7 Å². The first-order valence-corrected chi connectivity index (χ1v) is 13.1. The van der Waals surface area contributed by atoms with Gasteiger partial charge in [-0.2, -0.15) is 0 Å². The zero-order valence-electron chi connectivity index (χ0n) is 20.8. The molecule has 1 aromatic carbocycles. The van der Waals surface area contributed by atoms with Gasteiger partial charge < -0.3 is 14.8 Å². The van der Waals surface area contributed by atoms with Crippen LogP contribution in [0.5, 0.6) is 11.5 Å². The number of ether oxygens (including phenoxy) is 2. The van der Waals surface area contributed by atoms with Crippen LogP contribution in [0.1, 0.15) is 64.4 Å². The quantitative estimate of drug-likeness (QED) is 0.475. The molecule has 0 radical (unpaired) electrons. The van der Waals surface area contributed by atoms with E-state index in [1.54, 1.807) is 0 Å². The molecule has 2 aliphatic carbocycles. The van der Waals surface area contributed by atoms with Gasteiger partial charge >= 0.3 is 0 Å². The molecule has 1 saturated heterocycles. The normalized spacial score (nSPS) is 25.6. The third-order valence-electron chi connectivity index (χ3n) is 8.17. The molecule has 2 heterocycles. The summed E-state index contributed by atoms with van der Waals surface area (Å²) in [6.07, 6.45) is 9.71. The van der Waals surface area contributed by atoms with Crippen LogP contribution in [0.2, 0.25) is 0 Å². The van der Waals surface area contributed by atoms with E-state index in [1.165, 1.54) is 4.90 Å². The Balaban J connectivity index is 1.35. The lowest BCUT2D eigenvalue weighted by Crippen LogP contribution is -2.52. The first-order valence-electron chi connectivity index (χ1n) is 13.1. The number of nitrogens with one attached hydrogen (secondary N) is 1. The maximum atomic E-state index is 13.6. The summed E-state index contributed by atoms with van der Waals surface area (Å²) >= 11 is 0. The van der Waals surface area contributed by atoms with E-state index in [2.05, 4.69) is 17.4 Å². The van der Waals surface area contributed by atoms with E-state index in [9.17, 15) is 14.4 Å². The highest BCUT2D eigenvalue weighted by Gasteiger charge is 2.51. The van der Waals surface area contributed by atoms with Crippen LogP contribution in [0.3, 0.4) is 0 Å². The fourth-order valence-electron chi connectivity index (χ4n) is 6.28. The maximum absolute atomic E-state index is 13.6. The summed E-state index contributed by atoms with van der Waals surface area (Å²) in [6.45, 7) is 5.61. The lowest BCUT2D eigenvalue weighted by molar-refractivity contribution is -0.148. The minimum atomic E-state index is -0.765. The fourth-order valence-corrected chi connectivity index (χ4v) is 6.28. The Labute approximate surface area is 207 Å². The number of benzene rings is 1. The molecule has 5 rings (SSSR count). The van der Waals surface area contributed by atoms with Gasteiger partial charge in [0.25, 0.3) is 0 Å². The Kier molecular flexibility index (Phi) is 6.60. The molecule has 35 heavy (non-hydrogen) atoms. The minimum absolute atomic E-state index is 0.172. The van der Waals surface area contributed by atoms with E-state index in [0.29, 0.717) is 39.0 Å². The van der Waals surface area contributed by atoms with Crippen molar-refractivity contribution in [2.24, 2.45) is 17.8 Å². The number of fused-ring (bicyclic) bond motifs is 2. The van der Waals surface area contributed by atoms with Crippen LogP contribution in [-0.4, -0.2) is 48.4 Å². The third-order valence-corrected chi connectivity index (χ3v) is 8.17. The van der Waals surface area contributed by atoms with Gasteiger partial charge in [0, 0.05) is 12.0 Å². The molecule has 3 unspecified atom stereocenters. The van der Waals surface area contributed by atoms with Crippen molar-refractivity contribution in [3.8, 4) is 11.5 Å². The van der Waals surface area contributed by atoms with Crippen molar-refractivity contribution in [3.63, 3.8) is 0 Å². The topological polar surface area (TPSA) is 84.9 Å². The third kappa shape index (κ3) is 4.45. The summed E-state index contributed by atoms with van der Waals surface area (Å²) in [4.78, 5) is 41.4. The van der Waals surface area contributed by atoms with E-state index in [1.807, 2.05) is 32.1 Å². The van der Waals surface area contributed by atoms with Gasteiger partial charge in [-0.25, -0.2) is 0 Å². The maximum Gasteiger partial charge on any atom is 0.243 e.